The molecule has 168 valence electrons. The van der Waals surface area contributed by atoms with E-state index in [0.717, 1.165) is 13.8 Å². The average Bonchev–Trinajstić information content (AvgIpc) is 2.59. The SMILES string of the molecule is CC(O)C(N)C(=O)NC(C(=O)NC(C(=O)NC(C(=O)O)C(C)O)C(C)O)C(C)O. The third-order valence-corrected chi connectivity index (χ3v) is 3.99. The summed E-state index contributed by atoms with van der Waals surface area (Å²) >= 11 is 0. The zero-order chi connectivity index (χ0) is 23.0. The summed E-state index contributed by atoms with van der Waals surface area (Å²) in [6.07, 6.45) is -5.64. The summed E-state index contributed by atoms with van der Waals surface area (Å²) in [5, 5.41) is 53.6. The zero-order valence-electron chi connectivity index (χ0n) is 16.6. The Balaban J connectivity index is 5.37. The Morgan fingerprint density at radius 2 is 0.931 bits per heavy atom. The van der Waals surface area contributed by atoms with Gasteiger partial charge in [0, 0.05) is 0 Å². The second-order valence-corrected chi connectivity index (χ2v) is 6.79. The predicted molar refractivity (Wildman–Crippen MR) is 98.1 cm³/mol. The van der Waals surface area contributed by atoms with Gasteiger partial charge in [0.1, 0.15) is 18.1 Å². The zero-order valence-corrected chi connectivity index (χ0v) is 16.6. The largest absolute Gasteiger partial charge is 0.480 e. The van der Waals surface area contributed by atoms with Crippen LogP contribution in [-0.4, -0.2) is 97.8 Å². The molecule has 0 heterocycles. The van der Waals surface area contributed by atoms with Gasteiger partial charge in [0.2, 0.25) is 17.7 Å². The molecule has 29 heavy (non-hydrogen) atoms. The first-order valence-electron chi connectivity index (χ1n) is 8.82. The van der Waals surface area contributed by atoms with Gasteiger partial charge in [-0.05, 0) is 27.7 Å². The van der Waals surface area contributed by atoms with Gasteiger partial charge in [-0.2, -0.15) is 0 Å². The van der Waals surface area contributed by atoms with E-state index in [4.69, 9.17) is 10.8 Å². The Kier molecular flexibility index (Phi) is 10.7. The average molecular weight is 422 g/mol. The van der Waals surface area contributed by atoms with Crippen molar-refractivity contribution >= 4 is 23.7 Å². The summed E-state index contributed by atoms with van der Waals surface area (Å²) < 4.78 is 0. The van der Waals surface area contributed by atoms with Gasteiger partial charge in [0.15, 0.2) is 6.04 Å². The minimum atomic E-state index is -1.70. The maximum atomic E-state index is 12.4. The molecule has 0 saturated heterocycles. The Bertz CT molecular complexity index is 595. The number of carbonyl (C=O) groups is 4. The van der Waals surface area contributed by atoms with E-state index in [1.807, 2.05) is 5.32 Å². The summed E-state index contributed by atoms with van der Waals surface area (Å²) in [6, 6.07) is -6.33. The molecule has 0 fully saturated rings. The summed E-state index contributed by atoms with van der Waals surface area (Å²) in [5.74, 6) is -4.67. The van der Waals surface area contributed by atoms with Gasteiger partial charge >= 0.3 is 5.97 Å². The van der Waals surface area contributed by atoms with Gasteiger partial charge in [-0.1, -0.05) is 0 Å². The standard InChI is InChI=1S/C16H30N4O9/c1-5(21)9(17)13(25)18-10(6(2)22)14(26)19-11(7(3)23)15(27)20-12(8(4)24)16(28)29/h5-12,21-24H,17H2,1-4H3,(H,18,25)(H,19,26)(H,20,27)(H,28,29). The van der Waals surface area contributed by atoms with Gasteiger partial charge in [-0.3, -0.25) is 14.4 Å². The molecule has 8 atom stereocenters. The number of aliphatic hydroxyl groups is 4. The van der Waals surface area contributed by atoms with E-state index in [9.17, 15) is 39.6 Å². The van der Waals surface area contributed by atoms with Gasteiger partial charge in [0.05, 0.1) is 24.4 Å². The number of nitrogens with two attached hydrogens (primary N) is 1. The highest BCUT2D eigenvalue weighted by atomic mass is 16.4. The lowest BCUT2D eigenvalue weighted by Gasteiger charge is -2.28. The molecule has 0 aliphatic carbocycles. The lowest BCUT2D eigenvalue weighted by atomic mass is 10.1. The van der Waals surface area contributed by atoms with Crippen molar-refractivity contribution in [1.29, 1.82) is 0 Å². The van der Waals surface area contributed by atoms with Gasteiger partial charge < -0.3 is 47.2 Å². The first kappa shape index (κ1) is 26.7. The minimum Gasteiger partial charge on any atom is -0.480 e. The molecule has 0 aliphatic rings. The van der Waals surface area contributed by atoms with E-state index in [2.05, 4.69) is 10.6 Å². The lowest BCUT2D eigenvalue weighted by molar-refractivity contribution is -0.146. The number of aliphatic hydroxyl groups excluding tert-OH is 4. The van der Waals surface area contributed by atoms with Crippen molar-refractivity contribution in [2.24, 2.45) is 5.73 Å². The van der Waals surface area contributed by atoms with E-state index in [1.54, 1.807) is 0 Å². The first-order chi connectivity index (χ1) is 13.2. The van der Waals surface area contributed by atoms with E-state index in [1.165, 1.54) is 13.8 Å². The summed E-state index contributed by atoms with van der Waals surface area (Å²) in [6.45, 7) is 4.68. The molecule has 13 heteroatoms. The highest BCUT2D eigenvalue weighted by molar-refractivity contribution is 5.94. The summed E-state index contributed by atoms with van der Waals surface area (Å²) in [4.78, 5) is 47.8. The number of rotatable bonds is 11. The van der Waals surface area contributed by atoms with Crippen molar-refractivity contribution in [2.75, 3.05) is 0 Å². The molecule has 0 bridgehead atoms. The molecule has 0 saturated carbocycles. The molecule has 0 aromatic rings. The highest BCUT2D eigenvalue weighted by Gasteiger charge is 2.35. The van der Waals surface area contributed by atoms with Crippen LogP contribution < -0.4 is 21.7 Å². The van der Waals surface area contributed by atoms with Gasteiger partial charge in [-0.25, -0.2) is 4.79 Å². The number of carboxylic acids is 1. The molecule has 13 nitrogen and oxygen atoms in total. The number of hydrogen-bond acceptors (Lipinski definition) is 9. The number of nitrogens with one attached hydrogen (secondary N) is 3. The molecule has 10 N–H and O–H groups in total. The molecular formula is C16H30N4O9. The summed E-state index contributed by atoms with van der Waals surface area (Å²) in [7, 11) is 0. The molecule has 0 aromatic carbocycles. The van der Waals surface area contributed by atoms with Crippen LogP contribution in [0.2, 0.25) is 0 Å². The quantitative estimate of drug-likeness (QED) is 0.154. The van der Waals surface area contributed by atoms with Gasteiger partial charge in [0.25, 0.3) is 0 Å². The molecule has 0 radical (unpaired) electrons. The maximum Gasteiger partial charge on any atom is 0.328 e. The van der Waals surface area contributed by atoms with Crippen LogP contribution in [0.5, 0.6) is 0 Å². The van der Waals surface area contributed by atoms with Crippen LogP contribution in [0.1, 0.15) is 27.7 Å². The fraction of sp³-hybridized carbons (Fsp3) is 0.750. The molecule has 0 spiro atoms. The van der Waals surface area contributed by atoms with Crippen LogP contribution in [0.15, 0.2) is 0 Å². The van der Waals surface area contributed by atoms with E-state index in [0.29, 0.717) is 0 Å². The van der Waals surface area contributed by atoms with E-state index >= 15 is 0 Å². The normalized spacial score (nSPS) is 19.5. The van der Waals surface area contributed by atoms with E-state index < -0.39 is 72.3 Å². The van der Waals surface area contributed by atoms with Crippen molar-refractivity contribution in [1.82, 2.24) is 16.0 Å². The van der Waals surface area contributed by atoms with Crippen LogP contribution in [-0.2, 0) is 19.2 Å². The molecule has 0 aliphatic heterocycles. The second kappa shape index (κ2) is 11.6. The van der Waals surface area contributed by atoms with Crippen LogP contribution in [0, 0.1) is 0 Å². The van der Waals surface area contributed by atoms with Crippen molar-refractivity contribution in [2.45, 2.75) is 76.3 Å². The molecular weight excluding hydrogens is 392 g/mol. The van der Waals surface area contributed by atoms with Crippen molar-refractivity contribution < 1.29 is 44.7 Å². The minimum absolute atomic E-state index is 0.945. The van der Waals surface area contributed by atoms with Crippen LogP contribution >= 0.6 is 0 Å². The predicted octanol–water partition coefficient (Wildman–Crippen LogP) is -4.62. The van der Waals surface area contributed by atoms with Crippen molar-refractivity contribution in [3.05, 3.63) is 0 Å². The van der Waals surface area contributed by atoms with Crippen molar-refractivity contribution in [3.8, 4) is 0 Å². The number of carboxylic acid groups (broad SMARTS) is 1. The first-order valence-corrected chi connectivity index (χ1v) is 8.82. The smallest absolute Gasteiger partial charge is 0.328 e. The fourth-order valence-corrected chi connectivity index (χ4v) is 2.15. The second-order valence-electron chi connectivity index (χ2n) is 6.79. The number of carbonyl (C=O) groups excluding carboxylic acids is 3. The highest BCUT2D eigenvalue weighted by Crippen LogP contribution is 2.02. The Labute approximate surface area is 167 Å². The van der Waals surface area contributed by atoms with Gasteiger partial charge in [-0.15, -0.1) is 0 Å². The van der Waals surface area contributed by atoms with Crippen LogP contribution in [0.3, 0.4) is 0 Å². The van der Waals surface area contributed by atoms with Crippen LogP contribution in [0.4, 0.5) is 0 Å². The van der Waals surface area contributed by atoms with E-state index in [-0.39, 0.29) is 0 Å². The Hall–Kier alpha value is -2.32. The Morgan fingerprint density at radius 1 is 0.621 bits per heavy atom. The molecule has 0 rings (SSSR count). The number of hydrogen-bond donors (Lipinski definition) is 9. The monoisotopic (exact) mass is 422 g/mol. The van der Waals surface area contributed by atoms with Crippen molar-refractivity contribution in [3.63, 3.8) is 0 Å². The lowest BCUT2D eigenvalue weighted by Crippen LogP contribution is -2.63. The number of amides is 3. The number of aliphatic carboxylic acids is 1. The third kappa shape index (κ3) is 8.29. The molecule has 8 unspecified atom stereocenters. The molecule has 3 amide bonds. The molecule has 0 aromatic heterocycles. The van der Waals surface area contributed by atoms with Crippen LogP contribution in [0.25, 0.3) is 0 Å². The topological polar surface area (TPSA) is 232 Å². The summed E-state index contributed by atoms with van der Waals surface area (Å²) in [5.41, 5.74) is 5.46. The Morgan fingerprint density at radius 3 is 1.21 bits per heavy atom. The maximum absolute atomic E-state index is 12.4. The third-order valence-electron chi connectivity index (χ3n) is 3.99. The fourth-order valence-electron chi connectivity index (χ4n) is 2.15.